The number of nitrogens with zero attached hydrogens (tertiary/aromatic N) is 2. The Hall–Kier alpha value is -2.98. The van der Waals surface area contributed by atoms with Gasteiger partial charge in [-0.15, -0.1) is 0 Å². The fourth-order valence-corrected chi connectivity index (χ4v) is 5.75. The van der Waals surface area contributed by atoms with Crippen LogP contribution >= 0.6 is 0 Å². The number of hydrogen-bond donors (Lipinski definition) is 3. The average molecular weight is 472 g/mol. The zero-order valence-corrected chi connectivity index (χ0v) is 19.2. The van der Waals surface area contributed by atoms with E-state index in [-0.39, 0.29) is 28.3 Å². The Labute approximate surface area is 193 Å². The van der Waals surface area contributed by atoms with Crippen molar-refractivity contribution in [2.45, 2.75) is 49.5 Å². The second-order valence-corrected chi connectivity index (χ2v) is 10.4. The number of benzene rings is 1. The van der Waals surface area contributed by atoms with E-state index in [1.54, 1.807) is 30.5 Å². The smallest absolute Gasteiger partial charge is 0.255 e. The minimum atomic E-state index is -3.68. The standard InChI is InChI=1S/C23H29N5O4S/c24-22(29)17-6-4-12-28(15-17)21-11-10-19(14-25-21)26-23(30)16-5-3-9-20(13-16)33(31,32)27-18-7-1-2-8-18/h3,5,9-11,13-14,17-18,27H,1-2,4,6-8,12,15H2,(H2,24,29)(H,26,30). The number of nitrogens with one attached hydrogen (secondary N) is 2. The summed E-state index contributed by atoms with van der Waals surface area (Å²) in [6.07, 6.45) is 6.90. The second-order valence-electron chi connectivity index (χ2n) is 8.68. The van der Waals surface area contributed by atoms with E-state index in [1.165, 1.54) is 12.1 Å². The molecule has 2 aliphatic rings. The molecule has 1 saturated carbocycles. The van der Waals surface area contributed by atoms with Crippen molar-refractivity contribution in [3.8, 4) is 0 Å². The maximum Gasteiger partial charge on any atom is 0.255 e. The predicted octanol–water partition coefficient (Wildman–Crippen LogP) is 2.26. The lowest BCUT2D eigenvalue weighted by Crippen LogP contribution is -2.41. The summed E-state index contributed by atoms with van der Waals surface area (Å²) in [6.45, 7) is 1.32. The molecule has 0 radical (unpaired) electrons. The van der Waals surface area contributed by atoms with E-state index in [4.69, 9.17) is 5.73 Å². The molecule has 2 fully saturated rings. The number of hydrogen-bond acceptors (Lipinski definition) is 6. The monoisotopic (exact) mass is 471 g/mol. The molecule has 176 valence electrons. The van der Waals surface area contributed by atoms with Crippen LogP contribution in [0.1, 0.15) is 48.9 Å². The Morgan fingerprint density at radius 3 is 2.55 bits per heavy atom. The molecular weight excluding hydrogens is 442 g/mol. The topological polar surface area (TPSA) is 134 Å². The molecule has 1 aromatic carbocycles. The van der Waals surface area contributed by atoms with Gasteiger partial charge in [0.05, 0.1) is 22.7 Å². The van der Waals surface area contributed by atoms with Crippen LogP contribution in [-0.4, -0.2) is 44.3 Å². The first-order valence-electron chi connectivity index (χ1n) is 11.3. The Kier molecular flexibility index (Phi) is 6.94. The number of carbonyl (C=O) groups excluding carboxylic acids is 2. The number of piperidine rings is 1. The average Bonchev–Trinajstić information content (AvgIpc) is 3.32. The van der Waals surface area contributed by atoms with Crippen molar-refractivity contribution in [3.05, 3.63) is 48.2 Å². The normalized spacial score (nSPS) is 19.4. The van der Waals surface area contributed by atoms with E-state index in [1.807, 2.05) is 4.90 Å². The number of sulfonamides is 1. The quantitative estimate of drug-likeness (QED) is 0.567. The highest BCUT2D eigenvalue weighted by Crippen LogP contribution is 2.23. The van der Waals surface area contributed by atoms with Gasteiger partial charge in [-0.25, -0.2) is 18.1 Å². The highest BCUT2D eigenvalue weighted by molar-refractivity contribution is 7.89. The van der Waals surface area contributed by atoms with E-state index in [0.717, 1.165) is 45.1 Å². The maximum absolute atomic E-state index is 12.7. The van der Waals surface area contributed by atoms with E-state index in [0.29, 0.717) is 18.1 Å². The zero-order chi connectivity index (χ0) is 23.4. The van der Waals surface area contributed by atoms with Crippen molar-refractivity contribution < 1.29 is 18.0 Å². The van der Waals surface area contributed by atoms with Gasteiger partial charge in [-0.2, -0.15) is 0 Å². The van der Waals surface area contributed by atoms with Crippen LogP contribution in [0.5, 0.6) is 0 Å². The van der Waals surface area contributed by atoms with Crippen molar-refractivity contribution in [2.75, 3.05) is 23.3 Å². The van der Waals surface area contributed by atoms with Crippen molar-refractivity contribution in [2.24, 2.45) is 11.7 Å². The molecule has 2 heterocycles. The SMILES string of the molecule is NC(=O)C1CCCN(c2ccc(NC(=O)c3cccc(S(=O)(=O)NC4CCCC4)c3)cn2)C1. The van der Waals surface area contributed by atoms with Crippen molar-refractivity contribution >= 4 is 33.3 Å². The maximum atomic E-state index is 12.7. The van der Waals surface area contributed by atoms with Crippen LogP contribution in [0.3, 0.4) is 0 Å². The van der Waals surface area contributed by atoms with Gasteiger partial charge in [-0.1, -0.05) is 18.9 Å². The lowest BCUT2D eigenvalue weighted by atomic mass is 9.97. The predicted molar refractivity (Wildman–Crippen MR) is 125 cm³/mol. The molecule has 10 heteroatoms. The molecule has 0 bridgehead atoms. The van der Waals surface area contributed by atoms with E-state index >= 15 is 0 Å². The first kappa shape index (κ1) is 23.2. The Balaban J connectivity index is 1.41. The lowest BCUT2D eigenvalue weighted by Gasteiger charge is -2.32. The minimum Gasteiger partial charge on any atom is -0.369 e. The fraction of sp³-hybridized carbons (Fsp3) is 0.435. The summed E-state index contributed by atoms with van der Waals surface area (Å²) in [5, 5.41) is 2.76. The molecule has 2 aromatic rings. The van der Waals surface area contributed by atoms with Crippen LogP contribution in [0, 0.1) is 5.92 Å². The van der Waals surface area contributed by atoms with Crippen LogP contribution in [0.15, 0.2) is 47.5 Å². The third-order valence-corrected chi connectivity index (χ3v) is 7.76. The Bertz CT molecular complexity index is 1110. The summed E-state index contributed by atoms with van der Waals surface area (Å²) in [6, 6.07) is 9.47. The highest BCUT2D eigenvalue weighted by atomic mass is 32.2. The first-order chi connectivity index (χ1) is 15.8. The van der Waals surface area contributed by atoms with Gasteiger partial charge in [-0.3, -0.25) is 9.59 Å². The van der Waals surface area contributed by atoms with Crippen LogP contribution in [0.2, 0.25) is 0 Å². The van der Waals surface area contributed by atoms with Gasteiger partial charge in [-0.05, 0) is 56.0 Å². The number of aromatic nitrogens is 1. The summed E-state index contributed by atoms with van der Waals surface area (Å²) < 4.78 is 28.1. The Morgan fingerprint density at radius 1 is 1.06 bits per heavy atom. The Morgan fingerprint density at radius 2 is 1.85 bits per heavy atom. The summed E-state index contributed by atoms with van der Waals surface area (Å²) >= 11 is 0. The van der Waals surface area contributed by atoms with E-state index in [9.17, 15) is 18.0 Å². The molecule has 1 aliphatic carbocycles. The molecule has 4 rings (SSSR count). The molecule has 1 aromatic heterocycles. The van der Waals surface area contributed by atoms with Gasteiger partial charge in [0.15, 0.2) is 0 Å². The van der Waals surface area contributed by atoms with Gasteiger partial charge >= 0.3 is 0 Å². The van der Waals surface area contributed by atoms with E-state index in [2.05, 4.69) is 15.0 Å². The fourth-order valence-electron chi connectivity index (χ4n) is 4.40. The van der Waals surface area contributed by atoms with Gasteiger partial charge in [0.2, 0.25) is 15.9 Å². The molecular formula is C23H29N5O4S. The van der Waals surface area contributed by atoms with Gasteiger partial charge in [0.1, 0.15) is 5.82 Å². The first-order valence-corrected chi connectivity index (χ1v) is 12.7. The van der Waals surface area contributed by atoms with Crippen LogP contribution in [0.25, 0.3) is 0 Å². The van der Waals surface area contributed by atoms with Crippen molar-refractivity contribution in [1.29, 1.82) is 0 Å². The molecule has 2 amide bonds. The van der Waals surface area contributed by atoms with E-state index < -0.39 is 15.9 Å². The molecule has 1 unspecified atom stereocenters. The summed E-state index contributed by atoms with van der Waals surface area (Å²) in [5.74, 6) is -0.197. The van der Waals surface area contributed by atoms with Gasteiger partial charge in [0, 0.05) is 24.7 Å². The van der Waals surface area contributed by atoms with Crippen LogP contribution < -0.4 is 20.7 Å². The van der Waals surface area contributed by atoms with Crippen molar-refractivity contribution in [3.63, 3.8) is 0 Å². The van der Waals surface area contributed by atoms with Gasteiger partial charge < -0.3 is 16.0 Å². The number of amides is 2. The second kappa shape index (κ2) is 9.88. The van der Waals surface area contributed by atoms with Crippen LogP contribution in [0.4, 0.5) is 11.5 Å². The third kappa shape index (κ3) is 5.69. The largest absolute Gasteiger partial charge is 0.369 e. The molecule has 1 aliphatic heterocycles. The van der Waals surface area contributed by atoms with Gasteiger partial charge in [0.25, 0.3) is 5.91 Å². The van der Waals surface area contributed by atoms with Crippen LogP contribution in [-0.2, 0) is 14.8 Å². The summed E-state index contributed by atoms with van der Waals surface area (Å²) in [5.41, 5.74) is 6.18. The number of primary amides is 1. The minimum absolute atomic E-state index is 0.0461. The molecule has 9 nitrogen and oxygen atoms in total. The summed E-state index contributed by atoms with van der Waals surface area (Å²) in [7, 11) is -3.68. The zero-order valence-electron chi connectivity index (χ0n) is 18.4. The number of anilines is 2. The number of carbonyl (C=O) groups is 2. The molecule has 1 saturated heterocycles. The summed E-state index contributed by atoms with van der Waals surface area (Å²) in [4.78, 5) is 30.7. The number of rotatable bonds is 7. The van der Waals surface area contributed by atoms with Crippen molar-refractivity contribution in [1.82, 2.24) is 9.71 Å². The number of nitrogens with two attached hydrogens (primary N) is 1. The lowest BCUT2D eigenvalue weighted by molar-refractivity contribution is -0.122. The molecule has 1 atom stereocenters. The number of pyridine rings is 1. The molecule has 33 heavy (non-hydrogen) atoms. The highest BCUT2D eigenvalue weighted by Gasteiger charge is 2.25. The molecule has 0 spiro atoms. The third-order valence-electron chi connectivity index (χ3n) is 6.24. The molecule has 4 N–H and O–H groups in total.